The van der Waals surface area contributed by atoms with Crippen LogP contribution in [0.4, 0.5) is 0 Å². The molecule has 2 N–H and O–H groups in total. The van der Waals surface area contributed by atoms with Gasteiger partial charge < -0.3 is 5.73 Å². The van der Waals surface area contributed by atoms with Crippen LogP contribution in [0.15, 0.2) is 12.3 Å². The highest BCUT2D eigenvalue weighted by atomic mass is 32.2. The highest BCUT2D eigenvalue weighted by Crippen LogP contribution is 2.29. The number of aromatic nitrogens is 2. The predicted molar refractivity (Wildman–Crippen MR) is 66.2 cm³/mol. The number of hydrogen-bond acceptors (Lipinski definition) is 4. The Morgan fingerprint density at radius 2 is 2.41 bits per heavy atom. The van der Waals surface area contributed by atoms with Crippen LogP contribution in [0.5, 0.6) is 0 Å². The summed E-state index contributed by atoms with van der Waals surface area (Å²) < 4.78 is 24.8. The molecular formula is C11H19N3O2S. The van der Waals surface area contributed by atoms with Crippen LogP contribution in [0.2, 0.25) is 0 Å². The second-order valence-electron chi connectivity index (χ2n) is 4.67. The molecule has 17 heavy (non-hydrogen) atoms. The number of hydrogen-bond donors (Lipinski definition) is 1. The van der Waals surface area contributed by atoms with Crippen molar-refractivity contribution in [1.82, 2.24) is 9.78 Å². The minimum absolute atomic E-state index is 0.0345. The SMILES string of the molecule is CCCn1nccc1C(N)C1CCS(=O)(=O)C1. The Kier molecular flexibility index (Phi) is 3.53. The molecule has 1 aromatic rings. The highest BCUT2D eigenvalue weighted by Gasteiger charge is 2.33. The average Bonchev–Trinajstić information content (AvgIpc) is 2.84. The smallest absolute Gasteiger partial charge is 0.150 e. The normalized spacial score (nSPS) is 24.9. The first-order valence-corrected chi connectivity index (χ1v) is 7.83. The second-order valence-corrected chi connectivity index (χ2v) is 6.90. The summed E-state index contributed by atoms with van der Waals surface area (Å²) >= 11 is 0. The quantitative estimate of drug-likeness (QED) is 0.862. The number of nitrogens with two attached hydrogens (primary N) is 1. The molecule has 2 atom stereocenters. The molecule has 2 heterocycles. The fraction of sp³-hybridized carbons (Fsp3) is 0.727. The molecule has 2 unspecified atom stereocenters. The van der Waals surface area contributed by atoms with Crippen LogP contribution in [-0.2, 0) is 16.4 Å². The predicted octanol–water partition coefficient (Wildman–Crippen LogP) is 0.728. The molecule has 0 aliphatic carbocycles. The molecule has 0 aromatic carbocycles. The Balaban J connectivity index is 2.14. The summed E-state index contributed by atoms with van der Waals surface area (Å²) in [5, 5.41) is 4.22. The van der Waals surface area contributed by atoms with Crippen molar-refractivity contribution in [2.45, 2.75) is 32.4 Å². The molecule has 0 amide bonds. The Hall–Kier alpha value is -0.880. The molecule has 1 aromatic heterocycles. The monoisotopic (exact) mass is 257 g/mol. The van der Waals surface area contributed by atoms with E-state index in [2.05, 4.69) is 12.0 Å². The summed E-state index contributed by atoms with van der Waals surface area (Å²) in [5.41, 5.74) is 7.12. The largest absolute Gasteiger partial charge is 0.322 e. The van der Waals surface area contributed by atoms with Crippen LogP contribution in [0.25, 0.3) is 0 Å². The van der Waals surface area contributed by atoms with Crippen molar-refractivity contribution < 1.29 is 8.42 Å². The summed E-state index contributed by atoms with van der Waals surface area (Å²) in [4.78, 5) is 0. The topological polar surface area (TPSA) is 78.0 Å². The minimum atomic E-state index is -2.87. The first kappa shape index (κ1) is 12.6. The van der Waals surface area contributed by atoms with Gasteiger partial charge >= 0.3 is 0 Å². The van der Waals surface area contributed by atoms with Gasteiger partial charge in [-0.25, -0.2) is 8.42 Å². The number of nitrogens with zero attached hydrogens (tertiary/aromatic N) is 2. The fourth-order valence-electron chi connectivity index (χ4n) is 2.37. The molecule has 1 aliphatic heterocycles. The van der Waals surface area contributed by atoms with E-state index in [1.807, 2.05) is 10.7 Å². The van der Waals surface area contributed by atoms with E-state index in [0.29, 0.717) is 6.42 Å². The Bertz CT molecular complexity index is 481. The van der Waals surface area contributed by atoms with E-state index in [-0.39, 0.29) is 23.5 Å². The van der Waals surface area contributed by atoms with E-state index in [4.69, 9.17) is 5.73 Å². The number of aryl methyl sites for hydroxylation is 1. The van der Waals surface area contributed by atoms with Crippen molar-refractivity contribution in [2.75, 3.05) is 11.5 Å². The molecule has 2 rings (SSSR count). The summed E-state index contributed by atoms with van der Waals surface area (Å²) in [6.45, 7) is 2.91. The van der Waals surface area contributed by atoms with Gasteiger partial charge in [0, 0.05) is 12.7 Å². The van der Waals surface area contributed by atoms with E-state index >= 15 is 0 Å². The van der Waals surface area contributed by atoms with Gasteiger partial charge in [0.25, 0.3) is 0 Å². The fourth-order valence-corrected chi connectivity index (χ4v) is 4.23. The average molecular weight is 257 g/mol. The van der Waals surface area contributed by atoms with E-state index < -0.39 is 9.84 Å². The molecule has 5 nitrogen and oxygen atoms in total. The van der Waals surface area contributed by atoms with Gasteiger partial charge in [-0.05, 0) is 24.8 Å². The maximum Gasteiger partial charge on any atom is 0.150 e. The maximum absolute atomic E-state index is 11.4. The van der Waals surface area contributed by atoms with Crippen LogP contribution in [0, 0.1) is 5.92 Å². The molecule has 1 saturated heterocycles. The second kappa shape index (κ2) is 4.78. The molecule has 0 radical (unpaired) electrons. The zero-order valence-electron chi connectivity index (χ0n) is 10.0. The van der Waals surface area contributed by atoms with Gasteiger partial charge in [-0.15, -0.1) is 0 Å². The lowest BCUT2D eigenvalue weighted by atomic mass is 9.97. The third-order valence-electron chi connectivity index (χ3n) is 3.30. The van der Waals surface area contributed by atoms with Crippen LogP contribution < -0.4 is 5.73 Å². The number of rotatable bonds is 4. The highest BCUT2D eigenvalue weighted by molar-refractivity contribution is 7.91. The van der Waals surface area contributed by atoms with Gasteiger partial charge in [0.2, 0.25) is 0 Å². The lowest BCUT2D eigenvalue weighted by Gasteiger charge is -2.19. The third-order valence-corrected chi connectivity index (χ3v) is 5.10. The first-order chi connectivity index (χ1) is 8.03. The van der Waals surface area contributed by atoms with Crippen molar-refractivity contribution in [3.05, 3.63) is 18.0 Å². The molecule has 0 saturated carbocycles. The maximum atomic E-state index is 11.4. The van der Waals surface area contributed by atoms with Crippen LogP contribution in [0.1, 0.15) is 31.5 Å². The van der Waals surface area contributed by atoms with Crippen molar-refractivity contribution in [3.63, 3.8) is 0 Å². The summed E-state index contributed by atoms with van der Waals surface area (Å²) in [5.74, 6) is 0.519. The summed E-state index contributed by atoms with van der Waals surface area (Å²) in [6.07, 6.45) is 3.39. The van der Waals surface area contributed by atoms with E-state index in [1.165, 1.54) is 0 Å². The van der Waals surface area contributed by atoms with Crippen LogP contribution in [0.3, 0.4) is 0 Å². The van der Waals surface area contributed by atoms with Crippen LogP contribution in [-0.4, -0.2) is 29.7 Å². The molecule has 0 spiro atoms. The zero-order chi connectivity index (χ0) is 12.5. The lowest BCUT2D eigenvalue weighted by Crippen LogP contribution is -2.25. The Morgan fingerprint density at radius 3 is 3.00 bits per heavy atom. The van der Waals surface area contributed by atoms with Gasteiger partial charge in [-0.3, -0.25) is 4.68 Å². The lowest BCUT2D eigenvalue weighted by molar-refractivity contribution is 0.437. The molecule has 6 heteroatoms. The summed E-state index contributed by atoms with van der Waals surface area (Å²) in [6, 6.07) is 1.67. The third kappa shape index (κ3) is 2.69. The van der Waals surface area contributed by atoms with Crippen molar-refractivity contribution >= 4 is 9.84 Å². The van der Waals surface area contributed by atoms with Gasteiger partial charge in [-0.2, -0.15) is 5.10 Å². The van der Waals surface area contributed by atoms with Crippen molar-refractivity contribution in [3.8, 4) is 0 Å². The minimum Gasteiger partial charge on any atom is -0.322 e. The Morgan fingerprint density at radius 1 is 1.65 bits per heavy atom. The van der Waals surface area contributed by atoms with E-state index in [0.717, 1.165) is 18.7 Å². The molecule has 1 fully saturated rings. The van der Waals surface area contributed by atoms with Crippen molar-refractivity contribution in [2.24, 2.45) is 11.7 Å². The van der Waals surface area contributed by atoms with Gasteiger partial charge in [-0.1, -0.05) is 6.92 Å². The standard InChI is InChI=1S/C11H19N3O2S/c1-2-6-14-10(3-5-13-14)11(12)9-4-7-17(15,16)8-9/h3,5,9,11H,2,4,6-8,12H2,1H3. The molecule has 0 bridgehead atoms. The van der Waals surface area contributed by atoms with E-state index in [9.17, 15) is 8.42 Å². The zero-order valence-corrected chi connectivity index (χ0v) is 10.9. The van der Waals surface area contributed by atoms with Gasteiger partial charge in [0.05, 0.1) is 23.2 Å². The summed E-state index contributed by atoms with van der Waals surface area (Å²) in [7, 11) is -2.87. The van der Waals surface area contributed by atoms with Gasteiger partial charge in [0.15, 0.2) is 9.84 Å². The van der Waals surface area contributed by atoms with E-state index in [1.54, 1.807) is 6.20 Å². The number of sulfone groups is 1. The van der Waals surface area contributed by atoms with Crippen LogP contribution >= 0.6 is 0 Å². The molecule has 1 aliphatic rings. The van der Waals surface area contributed by atoms with Gasteiger partial charge in [0.1, 0.15) is 0 Å². The van der Waals surface area contributed by atoms with Crippen molar-refractivity contribution in [1.29, 1.82) is 0 Å². The molecular weight excluding hydrogens is 238 g/mol. The molecule has 96 valence electrons. The Labute approximate surface area is 102 Å². The first-order valence-electron chi connectivity index (χ1n) is 6.01.